The fourth-order valence-electron chi connectivity index (χ4n) is 2.31. The van der Waals surface area contributed by atoms with Gasteiger partial charge in [-0.1, -0.05) is 6.07 Å². The maximum absolute atomic E-state index is 5.53. The maximum atomic E-state index is 5.53. The van der Waals surface area contributed by atoms with Crippen molar-refractivity contribution < 1.29 is 9.47 Å². The van der Waals surface area contributed by atoms with E-state index in [0.717, 1.165) is 21.6 Å². The summed E-state index contributed by atoms with van der Waals surface area (Å²) in [5, 5.41) is 3.26. The third kappa shape index (κ3) is 1.91. The Morgan fingerprint density at radius 2 is 1.74 bits per heavy atom. The van der Waals surface area contributed by atoms with Gasteiger partial charge in [-0.2, -0.15) is 0 Å². The van der Waals surface area contributed by atoms with Crippen LogP contribution in [-0.4, -0.2) is 14.2 Å². The summed E-state index contributed by atoms with van der Waals surface area (Å²) in [6.07, 6.45) is 0. The second-order valence-corrected chi connectivity index (χ2v) is 6.36. The van der Waals surface area contributed by atoms with Gasteiger partial charge in [-0.15, -0.1) is 22.7 Å². The summed E-state index contributed by atoms with van der Waals surface area (Å²) in [7, 11) is 3.42. The van der Waals surface area contributed by atoms with Gasteiger partial charge in [0.2, 0.25) is 0 Å². The van der Waals surface area contributed by atoms with Gasteiger partial charge >= 0.3 is 0 Å². The van der Waals surface area contributed by atoms with E-state index in [1.165, 1.54) is 15.3 Å². The topological polar surface area (TPSA) is 18.5 Å². The van der Waals surface area contributed by atoms with Crippen molar-refractivity contribution >= 4 is 32.8 Å². The molecule has 0 atom stereocenters. The van der Waals surface area contributed by atoms with E-state index < -0.39 is 0 Å². The molecule has 3 rings (SSSR count). The van der Waals surface area contributed by atoms with Crippen LogP contribution in [-0.2, 0) is 0 Å². The Kier molecular flexibility index (Phi) is 3.21. The van der Waals surface area contributed by atoms with Gasteiger partial charge in [-0.3, -0.25) is 0 Å². The summed E-state index contributed by atoms with van der Waals surface area (Å²) < 4.78 is 12.2. The molecule has 0 saturated carbocycles. The van der Waals surface area contributed by atoms with Crippen LogP contribution in [0.15, 0.2) is 29.6 Å². The first-order valence-corrected chi connectivity index (χ1v) is 7.63. The predicted octanol–water partition coefficient (Wildman–Crippen LogP) is 4.96. The van der Waals surface area contributed by atoms with Crippen molar-refractivity contribution in [3.8, 4) is 21.9 Å². The molecule has 2 nitrogen and oxygen atoms in total. The van der Waals surface area contributed by atoms with Crippen molar-refractivity contribution in [2.45, 2.75) is 6.92 Å². The molecule has 0 saturated heterocycles. The number of methoxy groups -OCH3 is 2. The van der Waals surface area contributed by atoms with E-state index in [9.17, 15) is 0 Å². The molecule has 0 aliphatic carbocycles. The molecular weight excluding hydrogens is 276 g/mol. The summed E-state index contributed by atoms with van der Waals surface area (Å²) >= 11 is 3.51. The molecule has 98 valence electrons. The van der Waals surface area contributed by atoms with Crippen molar-refractivity contribution in [3.63, 3.8) is 0 Å². The summed E-state index contributed by atoms with van der Waals surface area (Å²) in [6, 6.07) is 8.17. The van der Waals surface area contributed by atoms with Gasteiger partial charge in [0.15, 0.2) is 0 Å². The first-order chi connectivity index (χ1) is 9.26. The lowest BCUT2D eigenvalue weighted by molar-refractivity contribution is 0.411. The third-order valence-corrected chi connectivity index (χ3v) is 5.16. The number of thiophene rings is 2. The molecule has 0 N–H and O–H groups in total. The zero-order chi connectivity index (χ0) is 13.4. The van der Waals surface area contributed by atoms with Crippen LogP contribution in [0.3, 0.4) is 0 Å². The van der Waals surface area contributed by atoms with Crippen LogP contribution in [0.25, 0.3) is 20.5 Å². The number of benzene rings is 1. The Bertz CT molecular complexity index is 711. The van der Waals surface area contributed by atoms with Crippen LogP contribution in [0.2, 0.25) is 0 Å². The van der Waals surface area contributed by atoms with E-state index in [0.29, 0.717) is 0 Å². The minimum absolute atomic E-state index is 0.906. The zero-order valence-electron chi connectivity index (χ0n) is 11.0. The average Bonchev–Trinajstić information content (AvgIpc) is 3.03. The van der Waals surface area contributed by atoms with E-state index in [2.05, 4.69) is 24.4 Å². The second kappa shape index (κ2) is 4.87. The monoisotopic (exact) mass is 290 g/mol. The Morgan fingerprint density at radius 3 is 2.37 bits per heavy atom. The van der Waals surface area contributed by atoms with E-state index in [1.807, 2.05) is 12.1 Å². The van der Waals surface area contributed by atoms with E-state index >= 15 is 0 Å². The second-order valence-electron chi connectivity index (χ2n) is 4.18. The van der Waals surface area contributed by atoms with Crippen molar-refractivity contribution in [1.29, 1.82) is 0 Å². The largest absolute Gasteiger partial charge is 0.496 e. The maximum Gasteiger partial charge on any atom is 0.136 e. The van der Waals surface area contributed by atoms with Gasteiger partial charge in [0.1, 0.15) is 11.5 Å². The normalized spacial score (nSPS) is 10.9. The molecule has 4 heteroatoms. The van der Waals surface area contributed by atoms with Crippen molar-refractivity contribution in [1.82, 2.24) is 0 Å². The number of aryl methyl sites for hydroxylation is 1. The fourth-order valence-corrected chi connectivity index (χ4v) is 4.39. The quantitative estimate of drug-likeness (QED) is 0.679. The highest BCUT2D eigenvalue weighted by Gasteiger charge is 2.18. The third-order valence-electron chi connectivity index (χ3n) is 3.15. The molecule has 0 amide bonds. The summed E-state index contributed by atoms with van der Waals surface area (Å²) in [5.74, 6) is 1.82. The first-order valence-electron chi connectivity index (χ1n) is 5.94. The van der Waals surface area contributed by atoms with Crippen LogP contribution < -0.4 is 9.47 Å². The minimum atomic E-state index is 0.906. The molecule has 2 aromatic heterocycles. The number of hydrogen-bond donors (Lipinski definition) is 0. The highest BCUT2D eigenvalue weighted by Crippen LogP contribution is 2.47. The fraction of sp³-hybridized carbons (Fsp3) is 0.200. The van der Waals surface area contributed by atoms with Crippen LogP contribution in [0.5, 0.6) is 11.5 Å². The van der Waals surface area contributed by atoms with E-state index in [4.69, 9.17) is 9.47 Å². The van der Waals surface area contributed by atoms with Crippen LogP contribution in [0, 0.1) is 6.92 Å². The zero-order valence-corrected chi connectivity index (χ0v) is 12.7. The molecule has 0 aliphatic rings. The molecule has 19 heavy (non-hydrogen) atoms. The highest BCUT2D eigenvalue weighted by molar-refractivity contribution is 7.21. The minimum Gasteiger partial charge on any atom is -0.496 e. The predicted molar refractivity (Wildman–Crippen MR) is 83.0 cm³/mol. The van der Waals surface area contributed by atoms with Gasteiger partial charge in [0, 0.05) is 20.7 Å². The van der Waals surface area contributed by atoms with Crippen molar-refractivity contribution in [3.05, 3.63) is 34.5 Å². The van der Waals surface area contributed by atoms with Crippen LogP contribution in [0.1, 0.15) is 4.88 Å². The molecule has 3 aromatic rings. The Hall–Kier alpha value is -1.52. The van der Waals surface area contributed by atoms with Gasteiger partial charge in [-0.25, -0.2) is 0 Å². The summed E-state index contributed by atoms with van der Waals surface area (Å²) in [4.78, 5) is 2.57. The molecule has 0 spiro atoms. The van der Waals surface area contributed by atoms with Gasteiger partial charge < -0.3 is 9.47 Å². The molecule has 1 aromatic carbocycles. The lowest BCUT2D eigenvalue weighted by Gasteiger charge is -2.07. The van der Waals surface area contributed by atoms with Gasteiger partial charge in [0.05, 0.1) is 18.9 Å². The molecule has 0 unspecified atom stereocenters. The Balaban J connectivity index is 2.42. The Labute approximate surface area is 120 Å². The van der Waals surface area contributed by atoms with E-state index in [-0.39, 0.29) is 0 Å². The number of hydrogen-bond acceptors (Lipinski definition) is 4. The molecule has 0 aliphatic heterocycles. The van der Waals surface area contributed by atoms with Gasteiger partial charge in [-0.05, 0) is 30.5 Å². The van der Waals surface area contributed by atoms with Crippen molar-refractivity contribution in [2.75, 3.05) is 14.2 Å². The number of ether oxygens (including phenoxy) is 2. The summed E-state index contributed by atoms with van der Waals surface area (Å²) in [6.45, 7) is 2.15. The molecule has 0 fully saturated rings. The van der Waals surface area contributed by atoms with Crippen LogP contribution >= 0.6 is 22.7 Å². The van der Waals surface area contributed by atoms with Gasteiger partial charge in [0.25, 0.3) is 0 Å². The standard InChI is InChI=1S/C15H14O2S2/c1-9-13(12-5-4-8-18-12)14-10(16-2)6-7-11(17-3)15(14)19-9/h4-8H,1-3H3. The average molecular weight is 290 g/mol. The van der Waals surface area contributed by atoms with E-state index in [1.54, 1.807) is 36.9 Å². The first kappa shape index (κ1) is 12.5. The number of rotatable bonds is 3. The lowest BCUT2D eigenvalue weighted by atomic mass is 10.1. The summed E-state index contributed by atoms with van der Waals surface area (Å²) in [5.41, 5.74) is 1.27. The molecule has 0 bridgehead atoms. The SMILES string of the molecule is COc1ccc(OC)c2c(-c3cccs3)c(C)sc12. The van der Waals surface area contributed by atoms with Crippen LogP contribution in [0.4, 0.5) is 0 Å². The highest BCUT2D eigenvalue weighted by atomic mass is 32.1. The number of fused-ring (bicyclic) bond motifs is 1. The smallest absolute Gasteiger partial charge is 0.136 e. The Morgan fingerprint density at radius 1 is 1.00 bits per heavy atom. The van der Waals surface area contributed by atoms with Crippen molar-refractivity contribution in [2.24, 2.45) is 0 Å². The molecule has 2 heterocycles. The molecule has 0 radical (unpaired) electrons. The molecular formula is C15H14O2S2. The lowest BCUT2D eigenvalue weighted by Crippen LogP contribution is -1.87.